The number of nitrogens with one attached hydrogen (secondary N) is 1. The van der Waals surface area contributed by atoms with E-state index in [9.17, 15) is 9.18 Å². The number of benzene rings is 2. The highest BCUT2D eigenvalue weighted by molar-refractivity contribution is 5.97. The van der Waals surface area contributed by atoms with Crippen LogP contribution in [0.15, 0.2) is 48.7 Å². The van der Waals surface area contributed by atoms with Gasteiger partial charge in [0.1, 0.15) is 5.82 Å². The Bertz CT molecular complexity index is 1010. The van der Waals surface area contributed by atoms with Crippen LogP contribution in [0.1, 0.15) is 23.2 Å². The van der Waals surface area contributed by atoms with E-state index in [4.69, 9.17) is 4.74 Å². The molecule has 1 N–H and O–H groups in total. The van der Waals surface area contributed by atoms with E-state index in [2.05, 4.69) is 15.3 Å². The fourth-order valence-corrected chi connectivity index (χ4v) is 3.57. The summed E-state index contributed by atoms with van der Waals surface area (Å²) in [6.07, 6.45) is 3.47. The van der Waals surface area contributed by atoms with Gasteiger partial charge in [-0.3, -0.25) is 9.78 Å². The molecule has 6 nitrogen and oxygen atoms in total. The summed E-state index contributed by atoms with van der Waals surface area (Å²) in [5.41, 5.74) is 1.90. The van der Waals surface area contributed by atoms with Gasteiger partial charge in [-0.05, 0) is 37.1 Å². The smallest absolute Gasteiger partial charge is 0.257 e. The first-order valence-corrected chi connectivity index (χ1v) is 9.26. The molecule has 1 atom stereocenters. The molecule has 1 fully saturated rings. The molecule has 0 saturated carbocycles. The van der Waals surface area contributed by atoms with E-state index in [-0.39, 0.29) is 23.3 Å². The Morgan fingerprint density at radius 3 is 2.86 bits per heavy atom. The van der Waals surface area contributed by atoms with Gasteiger partial charge in [0.15, 0.2) is 11.6 Å². The van der Waals surface area contributed by atoms with Crippen molar-refractivity contribution >= 4 is 22.8 Å². The number of likely N-dealkylation sites (tertiary alicyclic amines) is 1. The zero-order valence-corrected chi connectivity index (χ0v) is 15.6. The van der Waals surface area contributed by atoms with Crippen LogP contribution in [0.25, 0.3) is 11.0 Å². The minimum atomic E-state index is -0.536. The molecule has 2 aromatic carbocycles. The standard InChI is InChI=1S/C21H21FN4O2/c1-28-20-15(7-4-8-16(20)22)21(27)26-11-5-6-14(13-26)24-19-12-23-17-9-2-3-10-18(17)25-19/h2-4,7-10,12,14H,5-6,11,13H2,1H3,(H,24,25)/t14-/m1/s1. The molecule has 3 aromatic rings. The molecule has 1 aliphatic heterocycles. The van der Waals surface area contributed by atoms with E-state index in [0.29, 0.717) is 18.9 Å². The Kier molecular flexibility index (Phi) is 5.06. The lowest BCUT2D eigenvalue weighted by Gasteiger charge is -2.33. The van der Waals surface area contributed by atoms with Crippen molar-refractivity contribution in [1.29, 1.82) is 0 Å². The zero-order chi connectivity index (χ0) is 19.5. The van der Waals surface area contributed by atoms with Gasteiger partial charge in [0.05, 0.1) is 29.9 Å². The number of rotatable bonds is 4. The number of nitrogens with zero attached hydrogens (tertiary/aromatic N) is 3. The second-order valence-corrected chi connectivity index (χ2v) is 6.80. The van der Waals surface area contributed by atoms with Crippen molar-refractivity contribution in [3.63, 3.8) is 0 Å². The number of hydrogen-bond acceptors (Lipinski definition) is 5. The predicted molar refractivity (Wildman–Crippen MR) is 105 cm³/mol. The summed E-state index contributed by atoms with van der Waals surface area (Å²) in [4.78, 5) is 23.7. The summed E-state index contributed by atoms with van der Waals surface area (Å²) in [5.74, 6) is -0.0942. The van der Waals surface area contributed by atoms with Gasteiger partial charge in [-0.15, -0.1) is 0 Å². The number of halogens is 1. The van der Waals surface area contributed by atoms with Gasteiger partial charge in [0.25, 0.3) is 5.91 Å². The Morgan fingerprint density at radius 2 is 2.04 bits per heavy atom. The predicted octanol–water partition coefficient (Wildman–Crippen LogP) is 3.49. The number of amides is 1. The lowest BCUT2D eigenvalue weighted by Crippen LogP contribution is -2.45. The zero-order valence-electron chi connectivity index (χ0n) is 15.6. The molecule has 144 valence electrons. The molecule has 0 aliphatic carbocycles. The maximum atomic E-state index is 13.9. The van der Waals surface area contributed by atoms with E-state index in [1.54, 1.807) is 17.2 Å². The Labute approximate surface area is 162 Å². The largest absolute Gasteiger partial charge is 0.493 e. The molecule has 1 amide bonds. The minimum Gasteiger partial charge on any atom is -0.493 e. The lowest BCUT2D eigenvalue weighted by molar-refractivity contribution is 0.0710. The van der Waals surface area contributed by atoms with Crippen molar-refractivity contribution in [2.75, 3.05) is 25.5 Å². The average Bonchev–Trinajstić information content (AvgIpc) is 2.73. The van der Waals surface area contributed by atoms with Gasteiger partial charge < -0.3 is 15.0 Å². The molecular weight excluding hydrogens is 359 g/mol. The number of fused-ring (bicyclic) bond motifs is 1. The van der Waals surface area contributed by atoms with Gasteiger partial charge >= 0.3 is 0 Å². The molecule has 0 unspecified atom stereocenters. The number of carbonyl (C=O) groups excluding carboxylic acids is 1. The van der Waals surface area contributed by atoms with Crippen molar-refractivity contribution < 1.29 is 13.9 Å². The first-order valence-electron chi connectivity index (χ1n) is 9.26. The van der Waals surface area contributed by atoms with Crippen LogP contribution in [0, 0.1) is 5.82 Å². The van der Waals surface area contributed by atoms with Crippen molar-refractivity contribution in [3.8, 4) is 5.75 Å². The minimum absolute atomic E-state index is 0.0111. The highest BCUT2D eigenvalue weighted by Gasteiger charge is 2.27. The van der Waals surface area contributed by atoms with Crippen LogP contribution in [0.3, 0.4) is 0 Å². The topological polar surface area (TPSA) is 67.3 Å². The van der Waals surface area contributed by atoms with E-state index < -0.39 is 5.82 Å². The van der Waals surface area contributed by atoms with E-state index in [1.807, 2.05) is 24.3 Å². The maximum absolute atomic E-state index is 13.9. The molecule has 1 saturated heterocycles. The van der Waals surface area contributed by atoms with Gasteiger partial charge in [-0.2, -0.15) is 0 Å². The average molecular weight is 380 g/mol. The number of ether oxygens (including phenoxy) is 1. The first-order chi connectivity index (χ1) is 13.7. The Balaban J connectivity index is 1.49. The second-order valence-electron chi connectivity index (χ2n) is 6.80. The molecule has 0 bridgehead atoms. The quantitative estimate of drug-likeness (QED) is 0.750. The number of anilines is 1. The van der Waals surface area contributed by atoms with Crippen LogP contribution in [0.2, 0.25) is 0 Å². The molecular formula is C21H21FN4O2. The molecule has 4 rings (SSSR count). The molecule has 7 heteroatoms. The third-order valence-electron chi connectivity index (χ3n) is 4.91. The molecule has 1 aromatic heterocycles. The SMILES string of the molecule is COc1c(F)cccc1C(=O)N1CCC[C@@H](Nc2cnc3ccccc3n2)C1. The summed E-state index contributed by atoms with van der Waals surface area (Å²) in [5, 5.41) is 3.38. The third kappa shape index (κ3) is 3.60. The Hall–Kier alpha value is -3.22. The van der Waals surface area contributed by atoms with Crippen LogP contribution in [-0.4, -0.2) is 47.0 Å². The molecule has 1 aliphatic rings. The molecule has 28 heavy (non-hydrogen) atoms. The van der Waals surface area contributed by atoms with Gasteiger partial charge in [-0.25, -0.2) is 9.37 Å². The molecule has 0 radical (unpaired) electrons. The molecule has 0 spiro atoms. The van der Waals surface area contributed by atoms with Crippen LogP contribution in [0.4, 0.5) is 10.2 Å². The monoisotopic (exact) mass is 380 g/mol. The van der Waals surface area contributed by atoms with Crippen LogP contribution in [0.5, 0.6) is 5.75 Å². The summed E-state index contributed by atoms with van der Waals surface area (Å²) in [7, 11) is 1.37. The maximum Gasteiger partial charge on any atom is 0.257 e. The number of aromatic nitrogens is 2. The van der Waals surface area contributed by atoms with Crippen LogP contribution >= 0.6 is 0 Å². The van der Waals surface area contributed by atoms with Gasteiger partial charge in [0.2, 0.25) is 0 Å². The molecule has 2 heterocycles. The second kappa shape index (κ2) is 7.80. The number of methoxy groups -OCH3 is 1. The number of hydrogen-bond donors (Lipinski definition) is 1. The Morgan fingerprint density at radius 1 is 1.21 bits per heavy atom. The van der Waals surface area contributed by atoms with Crippen molar-refractivity contribution in [3.05, 3.63) is 60.0 Å². The van der Waals surface area contributed by atoms with E-state index in [1.165, 1.54) is 19.2 Å². The van der Waals surface area contributed by atoms with Crippen LogP contribution < -0.4 is 10.1 Å². The van der Waals surface area contributed by atoms with E-state index in [0.717, 1.165) is 23.9 Å². The highest BCUT2D eigenvalue weighted by atomic mass is 19.1. The van der Waals surface area contributed by atoms with Crippen molar-refractivity contribution in [2.45, 2.75) is 18.9 Å². The third-order valence-corrected chi connectivity index (χ3v) is 4.91. The number of carbonyl (C=O) groups is 1. The van der Waals surface area contributed by atoms with Crippen molar-refractivity contribution in [1.82, 2.24) is 14.9 Å². The van der Waals surface area contributed by atoms with Crippen molar-refractivity contribution in [2.24, 2.45) is 0 Å². The summed E-state index contributed by atoms with van der Waals surface area (Å²) < 4.78 is 19.0. The summed E-state index contributed by atoms with van der Waals surface area (Å²) >= 11 is 0. The van der Waals surface area contributed by atoms with Gasteiger partial charge in [0, 0.05) is 19.1 Å². The number of piperidine rings is 1. The van der Waals surface area contributed by atoms with Gasteiger partial charge in [-0.1, -0.05) is 18.2 Å². The summed E-state index contributed by atoms with van der Waals surface area (Å²) in [6.45, 7) is 1.13. The summed E-state index contributed by atoms with van der Waals surface area (Å²) in [6, 6.07) is 12.1. The number of para-hydroxylation sites is 3. The fourth-order valence-electron chi connectivity index (χ4n) is 3.57. The lowest BCUT2D eigenvalue weighted by atomic mass is 10.0. The fraction of sp³-hybridized carbons (Fsp3) is 0.286. The highest BCUT2D eigenvalue weighted by Crippen LogP contribution is 2.25. The normalized spacial score (nSPS) is 16.8. The first kappa shape index (κ1) is 18.2. The van der Waals surface area contributed by atoms with E-state index >= 15 is 0 Å². The van der Waals surface area contributed by atoms with Crippen LogP contribution in [-0.2, 0) is 0 Å².